The number of hydrazone groups is 1. The molecule has 102 valence electrons. The van der Waals surface area contributed by atoms with Crippen LogP contribution in [0.15, 0.2) is 53.0 Å². The van der Waals surface area contributed by atoms with E-state index in [2.05, 4.69) is 20.5 Å². The fraction of sp³-hybridized carbons (Fsp3) is 0.0769. The minimum Gasteiger partial charge on any atom is -0.272 e. The zero-order valence-electron chi connectivity index (χ0n) is 10.4. The van der Waals surface area contributed by atoms with Gasteiger partial charge >= 0.3 is 0 Å². The van der Waals surface area contributed by atoms with E-state index in [4.69, 9.17) is 11.6 Å². The summed E-state index contributed by atoms with van der Waals surface area (Å²) in [5.41, 5.74) is 3.25. The number of halogens is 1. The Kier molecular flexibility index (Phi) is 5.52. The molecular formula is C13H11ClN4OS. The predicted octanol–water partition coefficient (Wildman–Crippen LogP) is 2.37. The van der Waals surface area contributed by atoms with Gasteiger partial charge in [0.15, 0.2) is 5.16 Å². The van der Waals surface area contributed by atoms with E-state index >= 15 is 0 Å². The van der Waals surface area contributed by atoms with E-state index < -0.39 is 0 Å². The Labute approximate surface area is 125 Å². The van der Waals surface area contributed by atoms with Crippen molar-refractivity contribution in [3.8, 4) is 0 Å². The summed E-state index contributed by atoms with van der Waals surface area (Å²) in [6, 6.07) is 8.90. The molecule has 0 aliphatic rings. The van der Waals surface area contributed by atoms with Gasteiger partial charge < -0.3 is 0 Å². The maximum atomic E-state index is 11.5. The number of benzene rings is 1. The van der Waals surface area contributed by atoms with Crippen LogP contribution in [-0.2, 0) is 4.79 Å². The number of nitrogens with zero attached hydrogens (tertiary/aromatic N) is 3. The molecule has 0 fully saturated rings. The molecule has 0 radical (unpaired) electrons. The van der Waals surface area contributed by atoms with Crippen molar-refractivity contribution >= 4 is 35.5 Å². The van der Waals surface area contributed by atoms with E-state index in [1.807, 2.05) is 12.1 Å². The number of hydrogen-bond donors (Lipinski definition) is 1. The van der Waals surface area contributed by atoms with Gasteiger partial charge in [-0.05, 0) is 23.8 Å². The van der Waals surface area contributed by atoms with Gasteiger partial charge in [0.05, 0.1) is 12.0 Å². The number of carbonyl (C=O) groups is 1. The molecule has 1 aromatic carbocycles. The largest absolute Gasteiger partial charge is 0.272 e. The summed E-state index contributed by atoms with van der Waals surface area (Å²) in [7, 11) is 0. The predicted molar refractivity (Wildman–Crippen MR) is 79.9 cm³/mol. The van der Waals surface area contributed by atoms with Crippen LogP contribution in [0.1, 0.15) is 5.56 Å². The third-order valence-corrected chi connectivity index (χ3v) is 3.24. The molecule has 2 rings (SSSR count). The molecule has 7 heteroatoms. The van der Waals surface area contributed by atoms with Crippen molar-refractivity contribution in [3.05, 3.63) is 53.3 Å². The number of rotatable bonds is 5. The SMILES string of the molecule is O=C(CSc1ncccn1)N/N=C\c1cccc(Cl)c1. The Morgan fingerprint density at radius 2 is 2.15 bits per heavy atom. The van der Waals surface area contributed by atoms with Gasteiger partial charge in [0.2, 0.25) is 0 Å². The number of carbonyl (C=O) groups excluding carboxylic acids is 1. The first-order valence-corrected chi connectivity index (χ1v) is 7.08. The first-order valence-electron chi connectivity index (χ1n) is 5.71. The molecule has 1 amide bonds. The molecule has 20 heavy (non-hydrogen) atoms. The summed E-state index contributed by atoms with van der Waals surface area (Å²) in [5.74, 6) is -0.0163. The zero-order chi connectivity index (χ0) is 14.2. The molecule has 1 N–H and O–H groups in total. The summed E-state index contributed by atoms with van der Waals surface area (Å²) in [6.07, 6.45) is 4.79. The van der Waals surface area contributed by atoms with Gasteiger partial charge in [-0.1, -0.05) is 35.5 Å². The molecule has 2 aromatic rings. The number of nitrogens with one attached hydrogen (secondary N) is 1. The number of aromatic nitrogens is 2. The van der Waals surface area contributed by atoms with Gasteiger partial charge in [0.25, 0.3) is 5.91 Å². The van der Waals surface area contributed by atoms with Crippen LogP contribution >= 0.6 is 23.4 Å². The van der Waals surface area contributed by atoms with Crippen LogP contribution in [-0.4, -0.2) is 27.8 Å². The molecule has 0 unspecified atom stereocenters. The molecule has 0 aliphatic carbocycles. The first kappa shape index (κ1) is 14.5. The highest BCUT2D eigenvalue weighted by Gasteiger charge is 2.02. The van der Waals surface area contributed by atoms with Gasteiger partial charge in [-0.3, -0.25) is 4.79 Å². The average molecular weight is 307 g/mol. The Bertz CT molecular complexity index is 606. The van der Waals surface area contributed by atoms with E-state index in [0.29, 0.717) is 10.2 Å². The van der Waals surface area contributed by atoms with Crippen LogP contribution in [0.2, 0.25) is 5.02 Å². The number of thioether (sulfide) groups is 1. The van der Waals surface area contributed by atoms with E-state index in [0.717, 1.165) is 5.56 Å². The standard InChI is InChI=1S/C13H11ClN4OS/c14-11-4-1-3-10(7-11)8-17-18-12(19)9-20-13-15-5-2-6-16-13/h1-8H,9H2,(H,18,19)/b17-8-. The van der Waals surface area contributed by atoms with Crippen LogP contribution < -0.4 is 5.43 Å². The molecule has 0 saturated heterocycles. The van der Waals surface area contributed by atoms with E-state index in [1.54, 1.807) is 30.6 Å². The van der Waals surface area contributed by atoms with E-state index in [9.17, 15) is 4.79 Å². The van der Waals surface area contributed by atoms with Crippen molar-refractivity contribution < 1.29 is 4.79 Å². The smallest absolute Gasteiger partial charge is 0.250 e. The summed E-state index contributed by atoms with van der Waals surface area (Å²) in [4.78, 5) is 19.6. The van der Waals surface area contributed by atoms with Crippen molar-refractivity contribution in [2.75, 3.05) is 5.75 Å². The Hall–Kier alpha value is -1.92. The lowest BCUT2D eigenvalue weighted by Gasteiger charge is -1.99. The van der Waals surface area contributed by atoms with Gasteiger partial charge in [-0.15, -0.1) is 0 Å². The molecule has 1 heterocycles. The lowest BCUT2D eigenvalue weighted by atomic mass is 10.2. The highest BCUT2D eigenvalue weighted by atomic mass is 35.5. The summed E-state index contributed by atoms with van der Waals surface area (Å²) in [5, 5.41) is 5.04. The maximum Gasteiger partial charge on any atom is 0.250 e. The highest BCUT2D eigenvalue weighted by Crippen LogP contribution is 2.10. The van der Waals surface area contributed by atoms with Crippen LogP contribution in [0.4, 0.5) is 0 Å². The van der Waals surface area contributed by atoms with E-state index in [-0.39, 0.29) is 11.7 Å². The van der Waals surface area contributed by atoms with Gasteiger partial charge in [0, 0.05) is 17.4 Å². The molecule has 1 aromatic heterocycles. The Morgan fingerprint density at radius 3 is 2.90 bits per heavy atom. The molecule has 5 nitrogen and oxygen atoms in total. The third-order valence-electron chi connectivity index (χ3n) is 2.13. The monoisotopic (exact) mass is 306 g/mol. The second kappa shape index (κ2) is 7.62. The molecule has 0 spiro atoms. The molecule has 0 aliphatic heterocycles. The van der Waals surface area contributed by atoms with Crippen LogP contribution in [0.3, 0.4) is 0 Å². The van der Waals surface area contributed by atoms with E-state index in [1.165, 1.54) is 18.0 Å². The van der Waals surface area contributed by atoms with Crippen molar-refractivity contribution in [2.24, 2.45) is 5.10 Å². The molecule has 0 atom stereocenters. The van der Waals surface area contributed by atoms with Crippen molar-refractivity contribution in [2.45, 2.75) is 5.16 Å². The van der Waals surface area contributed by atoms with Crippen molar-refractivity contribution in [1.29, 1.82) is 0 Å². The first-order chi connectivity index (χ1) is 9.74. The lowest BCUT2D eigenvalue weighted by Crippen LogP contribution is -2.19. The zero-order valence-corrected chi connectivity index (χ0v) is 11.9. The topological polar surface area (TPSA) is 67.2 Å². The van der Waals surface area contributed by atoms with Crippen molar-refractivity contribution in [1.82, 2.24) is 15.4 Å². The van der Waals surface area contributed by atoms with Gasteiger partial charge in [-0.25, -0.2) is 15.4 Å². The number of hydrogen-bond acceptors (Lipinski definition) is 5. The second-order valence-corrected chi connectivity index (χ2v) is 5.05. The molecule has 0 saturated carbocycles. The Balaban J connectivity index is 1.78. The maximum absolute atomic E-state index is 11.5. The normalized spacial score (nSPS) is 10.7. The van der Waals surface area contributed by atoms with Crippen LogP contribution in [0.25, 0.3) is 0 Å². The minimum atomic E-state index is -0.222. The average Bonchev–Trinajstić information content (AvgIpc) is 2.46. The van der Waals surface area contributed by atoms with Crippen LogP contribution in [0, 0.1) is 0 Å². The van der Waals surface area contributed by atoms with Crippen molar-refractivity contribution in [3.63, 3.8) is 0 Å². The quantitative estimate of drug-likeness (QED) is 0.398. The second-order valence-electron chi connectivity index (χ2n) is 3.67. The van der Waals surface area contributed by atoms with Gasteiger partial charge in [-0.2, -0.15) is 5.10 Å². The summed E-state index contributed by atoms with van der Waals surface area (Å²) < 4.78 is 0. The number of amides is 1. The molecule has 0 bridgehead atoms. The summed E-state index contributed by atoms with van der Waals surface area (Å²) >= 11 is 7.09. The summed E-state index contributed by atoms with van der Waals surface area (Å²) in [6.45, 7) is 0. The Morgan fingerprint density at radius 1 is 1.35 bits per heavy atom. The third kappa shape index (κ3) is 4.99. The minimum absolute atomic E-state index is 0.205. The van der Waals surface area contributed by atoms with Gasteiger partial charge in [0.1, 0.15) is 0 Å². The fourth-order valence-electron chi connectivity index (χ4n) is 1.29. The highest BCUT2D eigenvalue weighted by molar-refractivity contribution is 7.99. The fourth-order valence-corrected chi connectivity index (χ4v) is 2.08. The molecular weight excluding hydrogens is 296 g/mol. The van der Waals surface area contributed by atoms with Crippen LogP contribution in [0.5, 0.6) is 0 Å². The lowest BCUT2D eigenvalue weighted by molar-refractivity contribution is -0.118.